The summed E-state index contributed by atoms with van der Waals surface area (Å²) in [5.41, 5.74) is 6.69. The maximum Gasteiger partial charge on any atom is 0.161 e. The Labute approximate surface area is 209 Å². The molecule has 0 saturated heterocycles. The van der Waals surface area contributed by atoms with Gasteiger partial charge in [0.25, 0.3) is 0 Å². The molecule has 0 radical (unpaired) electrons. The highest BCUT2D eigenvalue weighted by atomic mass is 35.5. The average Bonchev–Trinajstić information content (AvgIpc) is 2.91. The Bertz CT molecular complexity index is 1380. The molecule has 5 rings (SSSR count). The molecule has 2 aliphatic heterocycles. The van der Waals surface area contributed by atoms with Gasteiger partial charge in [-0.15, -0.1) is 0 Å². The molecule has 0 aromatic heterocycles. The quantitative estimate of drug-likeness (QED) is 0.426. The van der Waals surface area contributed by atoms with Crippen molar-refractivity contribution in [2.75, 3.05) is 35.0 Å². The Morgan fingerprint density at radius 2 is 1.37 bits per heavy atom. The van der Waals surface area contributed by atoms with E-state index in [1.165, 1.54) is 0 Å². The molecule has 0 amide bonds. The molecule has 3 aromatic rings. The van der Waals surface area contributed by atoms with Crippen LogP contribution in [0.25, 0.3) is 17.5 Å². The van der Waals surface area contributed by atoms with Gasteiger partial charge in [0.2, 0.25) is 0 Å². The first-order chi connectivity index (χ1) is 17.1. The van der Waals surface area contributed by atoms with Gasteiger partial charge in [0, 0.05) is 22.3 Å². The van der Waals surface area contributed by atoms with Crippen LogP contribution in [0.2, 0.25) is 5.02 Å². The van der Waals surface area contributed by atoms with Gasteiger partial charge in [0.15, 0.2) is 23.0 Å². The third kappa shape index (κ3) is 4.10. The zero-order valence-electron chi connectivity index (χ0n) is 20.0. The predicted molar refractivity (Wildman–Crippen MR) is 140 cm³/mol. The van der Waals surface area contributed by atoms with Crippen molar-refractivity contribution in [3.05, 3.63) is 88.1 Å². The molecular weight excluding hydrogens is 464 g/mol. The van der Waals surface area contributed by atoms with Gasteiger partial charge < -0.3 is 23.8 Å². The lowest BCUT2D eigenvalue weighted by molar-refractivity contribution is 0.354. The van der Waals surface area contributed by atoms with E-state index in [1.54, 1.807) is 28.4 Å². The number of rotatable bonds is 6. The van der Waals surface area contributed by atoms with Crippen molar-refractivity contribution in [1.82, 2.24) is 4.90 Å². The Morgan fingerprint density at radius 3 is 2.06 bits per heavy atom. The van der Waals surface area contributed by atoms with Crippen LogP contribution in [0.5, 0.6) is 23.0 Å². The third-order valence-electron chi connectivity index (χ3n) is 6.16. The number of hydrogen-bond acceptors (Lipinski definition) is 6. The summed E-state index contributed by atoms with van der Waals surface area (Å²) in [7, 11) is 6.54. The topological polar surface area (TPSA) is 52.5 Å². The first kappa shape index (κ1) is 22.9. The van der Waals surface area contributed by atoms with Crippen molar-refractivity contribution >= 4 is 34.8 Å². The Balaban J connectivity index is 1.77. The molecule has 35 heavy (non-hydrogen) atoms. The summed E-state index contributed by atoms with van der Waals surface area (Å²) in [4.78, 5) is 7.38. The van der Waals surface area contributed by atoms with Crippen molar-refractivity contribution in [3.63, 3.8) is 0 Å². The van der Waals surface area contributed by atoms with Crippen molar-refractivity contribution < 1.29 is 18.9 Å². The molecule has 0 atom stereocenters. The minimum atomic E-state index is 0.609. The molecule has 7 heteroatoms. The fourth-order valence-electron chi connectivity index (χ4n) is 4.40. The van der Waals surface area contributed by atoms with Crippen LogP contribution >= 0.6 is 11.6 Å². The maximum absolute atomic E-state index is 6.14. The van der Waals surface area contributed by atoms with Crippen LogP contribution in [0.1, 0.15) is 22.3 Å². The summed E-state index contributed by atoms with van der Waals surface area (Å²) in [5, 5.41) is 0.689. The van der Waals surface area contributed by atoms with Gasteiger partial charge in [0.05, 0.1) is 52.1 Å². The summed E-state index contributed by atoms with van der Waals surface area (Å²) in [6, 6.07) is 17.6. The highest BCUT2D eigenvalue weighted by Gasteiger charge is 2.29. The Kier molecular flexibility index (Phi) is 6.14. The fourth-order valence-corrected chi connectivity index (χ4v) is 4.53. The molecule has 0 bridgehead atoms. The minimum Gasteiger partial charge on any atom is -0.493 e. The van der Waals surface area contributed by atoms with Gasteiger partial charge in [-0.05, 0) is 59.7 Å². The van der Waals surface area contributed by atoms with Crippen molar-refractivity contribution in [1.29, 1.82) is 0 Å². The van der Waals surface area contributed by atoms with Crippen molar-refractivity contribution in [2.45, 2.75) is 0 Å². The summed E-state index contributed by atoms with van der Waals surface area (Å²) in [5.74, 6) is 2.64. The molecule has 2 heterocycles. The molecular formula is C28H25ClN2O4. The van der Waals surface area contributed by atoms with Crippen LogP contribution < -0.4 is 18.9 Å². The van der Waals surface area contributed by atoms with Gasteiger partial charge in [0.1, 0.15) is 0 Å². The smallest absolute Gasteiger partial charge is 0.161 e. The molecule has 3 aromatic carbocycles. The Hall–Kier alpha value is -3.90. The first-order valence-electron chi connectivity index (χ1n) is 11.1. The largest absolute Gasteiger partial charge is 0.493 e. The summed E-state index contributed by atoms with van der Waals surface area (Å²) in [6.45, 7) is 0.609. The monoisotopic (exact) mass is 488 g/mol. The van der Waals surface area contributed by atoms with E-state index < -0.39 is 0 Å². The van der Waals surface area contributed by atoms with E-state index in [2.05, 4.69) is 17.2 Å². The lowest BCUT2D eigenvalue weighted by Gasteiger charge is -2.34. The lowest BCUT2D eigenvalue weighted by atomic mass is 9.93. The maximum atomic E-state index is 6.14. The van der Waals surface area contributed by atoms with Crippen LogP contribution in [0, 0.1) is 0 Å². The average molecular weight is 489 g/mol. The van der Waals surface area contributed by atoms with Crippen LogP contribution in [-0.2, 0) is 0 Å². The molecule has 0 aliphatic carbocycles. The zero-order valence-corrected chi connectivity index (χ0v) is 20.7. The standard InChI is InChI=1S/C28H25ClN2O4/c1-32-23-10-7-19(14-24(23)33-2)27-28-21-15-26(35-4)25(34-3)13-18(21)11-12-31(28)16-22(30-27)17-5-8-20(29)9-6-17/h5-15H,16H2,1-4H3. The number of fused-ring (bicyclic) bond motifs is 3. The molecule has 0 N–H and O–H groups in total. The van der Waals surface area contributed by atoms with Gasteiger partial charge in [-0.1, -0.05) is 23.7 Å². The number of hydrogen-bond donors (Lipinski definition) is 0. The molecule has 2 aliphatic rings. The van der Waals surface area contributed by atoms with E-state index in [0.29, 0.717) is 34.6 Å². The molecule has 0 unspecified atom stereocenters. The van der Waals surface area contributed by atoms with E-state index in [4.69, 9.17) is 35.5 Å². The van der Waals surface area contributed by atoms with E-state index in [9.17, 15) is 0 Å². The zero-order chi connectivity index (χ0) is 24.5. The van der Waals surface area contributed by atoms with Gasteiger partial charge in [-0.3, -0.25) is 0 Å². The number of benzene rings is 3. The van der Waals surface area contributed by atoms with E-state index in [0.717, 1.165) is 39.4 Å². The molecule has 178 valence electrons. The predicted octanol–water partition coefficient (Wildman–Crippen LogP) is 5.99. The summed E-state index contributed by atoms with van der Waals surface area (Å²) in [6.07, 6.45) is 4.16. The van der Waals surface area contributed by atoms with Crippen LogP contribution in [-0.4, -0.2) is 45.6 Å². The van der Waals surface area contributed by atoms with Gasteiger partial charge >= 0.3 is 0 Å². The second-order valence-electron chi connectivity index (χ2n) is 8.07. The second-order valence-corrected chi connectivity index (χ2v) is 8.51. The normalized spacial score (nSPS) is 14.2. The SMILES string of the molecule is COc1ccc(C2=C3c4cc(OC)c(OC)cc4C=CN3CC(c3ccc(Cl)cc3)=N2)cc1OC. The first-order valence-corrected chi connectivity index (χ1v) is 11.5. The van der Waals surface area contributed by atoms with E-state index >= 15 is 0 Å². The van der Waals surface area contributed by atoms with E-state index in [-0.39, 0.29) is 0 Å². The number of nitrogens with zero attached hydrogens (tertiary/aromatic N) is 2. The molecule has 0 saturated carbocycles. The van der Waals surface area contributed by atoms with Crippen LogP contribution in [0.15, 0.2) is 65.8 Å². The highest BCUT2D eigenvalue weighted by molar-refractivity contribution is 6.30. The number of methoxy groups -OCH3 is 4. The third-order valence-corrected chi connectivity index (χ3v) is 6.41. The van der Waals surface area contributed by atoms with Gasteiger partial charge in [-0.2, -0.15) is 0 Å². The van der Waals surface area contributed by atoms with Gasteiger partial charge in [-0.25, -0.2) is 4.99 Å². The lowest BCUT2D eigenvalue weighted by Crippen LogP contribution is -2.30. The number of aliphatic imine (C=N–C) groups is 1. The second kappa shape index (κ2) is 9.39. The summed E-state index contributed by atoms with van der Waals surface area (Å²) < 4.78 is 22.2. The minimum absolute atomic E-state index is 0.609. The highest BCUT2D eigenvalue weighted by Crippen LogP contribution is 2.44. The molecule has 6 nitrogen and oxygen atoms in total. The van der Waals surface area contributed by atoms with Crippen LogP contribution in [0.3, 0.4) is 0 Å². The van der Waals surface area contributed by atoms with Crippen molar-refractivity contribution in [3.8, 4) is 23.0 Å². The number of halogens is 1. The molecule has 0 spiro atoms. The van der Waals surface area contributed by atoms with Crippen LogP contribution in [0.4, 0.5) is 0 Å². The Morgan fingerprint density at radius 1 is 0.743 bits per heavy atom. The number of ether oxygens (including phenoxy) is 4. The summed E-state index contributed by atoms with van der Waals surface area (Å²) >= 11 is 6.14. The van der Waals surface area contributed by atoms with Crippen molar-refractivity contribution in [2.24, 2.45) is 4.99 Å². The van der Waals surface area contributed by atoms with E-state index in [1.807, 2.05) is 54.6 Å². The fraction of sp³-hybridized carbons (Fsp3) is 0.179. The molecule has 0 fully saturated rings.